The lowest BCUT2D eigenvalue weighted by Crippen LogP contribution is -2.24. The van der Waals surface area contributed by atoms with Crippen LogP contribution in [0.3, 0.4) is 0 Å². The van der Waals surface area contributed by atoms with E-state index in [1.54, 1.807) is 0 Å². The molecule has 1 atom stereocenters. The number of aryl methyl sites for hydroxylation is 1. The second-order valence-corrected chi connectivity index (χ2v) is 5.02. The molecule has 0 aromatic heterocycles. The van der Waals surface area contributed by atoms with Gasteiger partial charge < -0.3 is 10.5 Å². The minimum absolute atomic E-state index is 0.00493. The Bertz CT molecular complexity index is 393. The van der Waals surface area contributed by atoms with Gasteiger partial charge in [-0.25, -0.2) is 0 Å². The molecule has 94 valence electrons. The fourth-order valence-corrected chi connectivity index (χ4v) is 1.89. The number of carbonyl (C=O) groups excluding carboxylic acids is 1. The minimum Gasteiger partial charge on any atom is -0.469 e. The molecule has 4 heteroatoms. The van der Waals surface area contributed by atoms with Gasteiger partial charge in [0.25, 0.3) is 0 Å². The van der Waals surface area contributed by atoms with Crippen LogP contribution in [-0.4, -0.2) is 19.1 Å². The van der Waals surface area contributed by atoms with Crippen molar-refractivity contribution in [2.75, 3.05) is 7.11 Å². The van der Waals surface area contributed by atoms with Crippen LogP contribution in [0.1, 0.15) is 24.0 Å². The van der Waals surface area contributed by atoms with Gasteiger partial charge in [0, 0.05) is 16.9 Å². The van der Waals surface area contributed by atoms with E-state index >= 15 is 0 Å². The topological polar surface area (TPSA) is 52.3 Å². The van der Waals surface area contributed by atoms with E-state index in [1.807, 2.05) is 13.0 Å². The van der Waals surface area contributed by atoms with Crippen LogP contribution in [0.15, 0.2) is 22.7 Å². The third-order valence-corrected chi connectivity index (χ3v) is 3.56. The van der Waals surface area contributed by atoms with Crippen molar-refractivity contribution in [2.45, 2.75) is 32.2 Å². The quantitative estimate of drug-likeness (QED) is 0.850. The Morgan fingerprint density at radius 3 is 2.82 bits per heavy atom. The highest BCUT2D eigenvalue weighted by molar-refractivity contribution is 9.10. The number of nitrogens with two attached hydrogens (primary N) is 1. The summed E-state index contributed by atoms with van der Waals surface area (Å²) in [6.07, 6.45) is 1.82. The van der Waals surface area contributed by atoms with Gasteiger partial charge in [-0.2, -0.15) is 0 Å². The molecular formula is C13H18BrNO2. The molecule has 0 aliphatic heterocycles. The van der Waals surface area contributed by atoms with Crippen LogP contribution < -0.4 is 5.73 Å². The van der Waals surface area contributed by atoms with Gasteiger partial charge in [0.05, 0.1) is 7.11 Å². The maximum Gasteiger partial charge on any atom is 0.305 e. The monoisotopic (exact) mass is 299 g/mol. The highest BCUT2D eigenvalue weighted by Crippen LogP contribution is 2.18. The Kier molecular flexibility index (Phi) is 5.65. The first kappa shape index (κ1) is 14.2. The van der Waals surface area contributed by atoms with Crippen molar-refractivity contribution in [3.8, 4) is 0 Å². The average Bonchev–Trinajstić information content (AvgIpc) is 2.31. The van der Waals surface area contributed by atoms with E-state index in [-0.39, 0.29) is 12.0 Å². The van der Waals surface area contributed by atoms with Crippen LogP contribution in [0.4, 0.5) is 0 Å². The highest BCUT2D eigenvalue weighted by Gasteiger charge is 2.08. The third-order valence-electron chi connectivity index (χ3n) is 2.67. The van der Waals surface area contributed by atoms with E-state index in [2.05, 4.69) is 32.8 Å². The number of benzene rings is 1. The summed E-state index contributed by atoms with van der Waals surface area (Å²) >= 11 is 3.46. The lowest BCUT2D eigenvalue weighted by Gasteiger charge is -2.11. The largest absolute Gasteiger partial charge is 0.469 e. The van der Waals surface area contributed by atoms with Gasteiger partial charge in [0.15, 0.2) is 0 Å². The van der Waals surface area contributed by atoms with E-state index in [1.165, 1.54) is 18.2 Å². The first-order valence-electron chi connectivity index (χ1n) is 5.60. The van der Waals surface area contributed by atoms with Gasteiger partial charge in [-0.1, -0.05) is 28.1 Å². The third kappa shape index (κ3) is 4.88. The standard InChI is InChI=1S/C13H18BrNO2/c1-9-7-10(3-5-12(9)14)8-11(15)4-6-13(16)17-2/h3,5,7,11H,4,6,8,15H2,1-2H3. The molecule has 0 bridgehead atoms. The normalized spacial score (nSPS) is 12.2. The molecule has 0 fully saturated rings. The highest BCUT2D eigenvalue weighted by atomic mass is 79.9. The van der Waals surface area contributed by atoms with E-state index in [4.69, 9.17) is 5.73 Å². The molecule has 17 heavy (non-hydrogen) atoms. The summed E-state index contributed by atoms with van der Waals surface area (Å²) < 4.78 is 5.69. The molecular weight excluding hydrogens is 282 g/mol. The van der Waals surface area contributed by atoms with E-state index in [9.17, 15) is 4.79 Å². The molecule has 0 amide bonds. The van der Waals surface area contributed by atoms with E-state index in [0.717, 1.165) is 10.9 Å². The molecule has 1 unspecified atom stereocenters. The number of esters is 1. The summed E-state index contributed by atoms with van der Waals surface area (Å²) in [4.78, 5) is 11.0. The smallest absolute Gasteiger partial charge is 0.305 e. The predicted octanol–water partition coefficient (Wildman–Crippen LogP) is 2.58. The Labute approximate surface area is 110 Å². The molecule has 0 saturated carbocycles. The molecule has 1 aromatic rings. The lowest BCUT2D eigenvalue weighted by atomic mass is 10.0. The minimum atomic E-state index is -0.201. The zero-order valence-corrected chi connectivity index (χ0v) is 11.8. The molecule has 0 saturated heterocycles. The second kappa shape index (κ2) is 6.77. The van der Waals surface area contributed by atoms with Gasteiger partial charge >= 0.3 is 5.97 Å². The number of halogens is 1. The van der Waals surface area contributed by atoms with Crippen LogP contribution in [-0.2, 0) is 16.0 Å². The van der Waals surface area contributed by atoms with Crippen molar-refractivity contribution >= 4 is 21.9 Å². The Morgan fingerprint density at radius 2 is 2.24 bits per heavy atom. The summed E-state index contributed by atoms with van der Waals surface area (Å²) in [7, 11) is 1.39. The van der Waals surface area contributed by atoms with Gasteiger partial charge in [0.1, 0.15) is 0 Å². The molecule has 0 aliphatic carbocycles. The van der Waals surface area contributed by atoms with Crippen molar-refractivity contribution in [1.29, 1.82) is 0 Å². The predicted molar refractivity (Wildman–Crippen MR) is 71.8 cm³/mol. The van der Waals surface area contributed by atoms with Crippen LogP contribution in [0.25, 0.3) is 0 Å². The molecule has 1 rings (SSSR count). The van der Waals surface area contributed by atoms with Gasteiger partial charge in [0.2, 0.25) is 0 Å². The first-order valence-corrected chi connectivity index (χ1v) is 6.39. The molecule has 0 radical (unpaired) electrons. The fourth-order valence-electron chi connectivity index (χ4n) is 1.64. The molecule has 0 heterocycles. The summed E-state index contributed by atoms with van der Waals surface area (Å²) in [5.41, 5.74) is 8.37. The van der Waals surface area contributed by atoms with Crippen LogP contribution >= 0.6 is 15.9 Å². The van der Waals surface area contributed by atoms with Crippen molar-refractivity contribution in [2.24, 2.45) is 5.73 Å². The van der Waals surface area contributed by atoms with Crippen molar-refractivity contribution in [1.82, 2.24) is 0 Å². The summed E-state index contributed by atoms with van der Waals surface area (Å²) in [5, 5.41) is 0. The number of ether oxygens (including phenoxy) is 1. The number of rotatable bonds is 5. The second-order valence-electron chi connectivity index (χ2n) is 4.16. The van der Waals surface area contributed by atoms with Crippen LogP contribution in [0, 0.1) is 6.92 Å². The van der Waals surface area contributed by atoms with Crippen molar-refractivity contribution < 1.29 is 9.53 Å². The van der Waals surface area contributed by atoms with Gasteiger partial charge in [-0.15, -0.1) is 0 Å². The number of methoxy groups -OCH3 is 1. The van der Waals surface area contributed by atoms with Crippen LogP contribution in [0.5, 0.6) is 0 Å². The van der Waals surface area contributed by atoms with Crippen molar-refractivity contribution in [3.63, 3.8) is 0 Å². The molecule has 0 aliphatic rings. The lowest BCUT2D eigenvalue weighted by molar-refractivity contribution is -0.140. The van der Waals surface area contributed by atoms with Crippen LogP contribution in [0.2, 0.25) is 0 Å². The zero-order chi connectivity index (χ0) is 12.8. The summed E-state index contributed by atoms with van der Waals surface area (Å²) in [6.45, 7) is 2.05. The SMILES string of the molecule is COC(=O)CCC(N)Cc1ccc(Br)c(C)c1. The average molecular weight is 300 g/mol. The Morgan fingerprint density at radius 1 is 1.53 bits per heavy atom. The Hall–Kier alpha value is -0.870. The number of hydrogen-bond acceptors (Lipinski definition) is 3. The van der Waals surface area contributed by atoms with E-state index in [0.29, 0.717) is 12.8 Å². The Balaban J connectivity index is 2.47. The fraction of sp³-hybridized carbons (Fsp3) is 0.462. The maximum absolute atomic E-state index is 11.0. The maximum atomic E-state index is 11.0. The number of carbonyl (C=O) groups is 1. The van der Waals surface area contributed by atoms with Gasteiger partial charge in [-0.3, -0.25) is 4.79 Å². The summed E-state index contributed by atoms with van der Waals surface area (Å²) in [6, 6.07) is 6.18. The molecule has 0 spiro atoms. The van der Waals surface area contributed by atoms with Gasteiger partial charge in [-0.05, 0) is 37.0 Å². The zero-order valence-electron chi connectivity index (χ0n) is 10.2. The number of hydrogen-bond donors (Lipinski definition) is 1. The first-order chi connectivity index (χ1) is 8.02. The molecule has 3 nitrogen and oxygen atoms in total. The van der Waals surface area contributed by atoms with Crippen molar-refractivity contribution in [3.05, 3.63) is 33.8 Å². The molecule has 2 N–H and O–H groups in total. The summed E-state index contributed by atoms with van der Waals surface area (Å²) in [5.74, 6) is -0.201. The van der Waals surface area contributed by atoms with E-state index < -0.39 is 0 Å². The molecule has 1 aromatic carbocycles.